The van der Waals surface area contributed by atoms with Crippen LogP contribution >= 0.6 is 0 Å². The maximum Gasteiger partial charge on any atom is 0.237 e. The van der Waals surface area contributed by atoms with Gasteiger partial charge in [0.25, 0.3) is 0 Å². The van der Waals surface area contributed by atoms with Crippen LogP contribution in [0.25, 0.3) is 0 Å². The Labute approximate surface area is 77.9 Å². The zero-order chi connectivity index (χ0) is 9.26. The first-order chi connectivity index (χ1) is 6.27. The molecule has 0 aromatic heterocycles. The monoisotopic (exact) mass is 184 g/mol. The molecule has 1 aliphatic carbocycles. The van der Waals surface area contributed by atoms with Crippen molar-refractivity contribution in [3.8, 4) is 0 Å². The lowest BCUT2D eigenvalue weighted by Crippen LogP contribution is -2.40. The summed E-state index contributed by atoms with van der Waals surface area (Å²) in [6.07, 6.45) is 3.45. The molecule has 2 rings (SSSR count). The highest BCUT2D eigenvalue weighted by Gasteiger charge is 2.30. The summed E-state index contributed by atoms with van der Waals surface area (Å²) in [6, 6.07) is 0.367. The van der Waals surface area contributed by atoms with E-state index in [-0.39, 0.29) is 12.0 Å². The Bertz CT molecular complexity index is 200. The van der Waals surface area contributed by atoms with Crippen LogP contribution < -0.4 is 5.32 Å². The molecule has 4 heteroatoms. The average Bonchev–Trinajstić information content (AvgIpc) is 2.53. The third-order valence-corrected chi connectivity index (χ3v) is 2.99. The quantitative estimate of drug-likeness (QED) is 0.587. The third kappa shape index (κ3) is 1.84. The summed E-state index contributed by atoms with van der Waals surface area (Å²) in [7, 11) is 0. The second-order valence-corrected chi connectivity index (χ2v) is 3.91. The van der Waals surface area contributed by atoms with Crippen LogP contribution in [0, 0.1) is 0 Å². The molecule has 0 spiro atoms. The van der Waals surface area contributed by atoms with E-state index in [1.165, 1.54) is 0 Å². The van der Waals surface area contributed by atoms with E-state index in [0.717, 1.165) is 25.7 Å². The Balaban J connectivity index is 1.90. The van der Waals surface area contributed by atoms with Crippen LogP contribution in [-0.2, 0) is 4.79 Å². The van der Waals surface area contributed by atoms with Gasteiger partial charge >= 0.3 is 0 Å². The minimum Gasteiger partial charge on any atom is -0.393 e. The molecule has 1 saturated heterocycles. The standard InChI is InChI=1S/C9H16N2O2/c12-8-3-1-7(2-4-8)11-6-10-5-9(11)13/h7-8,10,12H,1-6H2. The molecule has 13 heavy (non-hydrogen) atoms. The van der Waals surface area contributed by atoms with Gasteiger partial charge in [-0.3, -0.25) is 10.1 Å². The maximum atomic E-state index is 11.4. The Morgan fingerprint density at radius 2 is 2.00 bits per heavy atom. The fourth-order valence-corrected chi connectivity index (χ4v) is 2.18. The second-order valence-electron chi connectivity index (χ2n) is 3.91. The van der Waals surface area contributed by atoms with Gasteiger partial charge in [-0.1, -0.05) is 0 Å². The van der Waals surface area contributed by atoms with E-state index in [2.05, 4.69) is 5.32 Å². The molecule has 4 nitrogen and oxygen atoms in total. The summed E-state index contributed by atoms with van der Waals surface area (Å²) >= 11 is 0. The fraction of sp³-hybridized carbons (Fsp3) is 0.889. The van der Waals surface area contributed by atoms with E-state index in [1.54, 1.807) is 0 Å². The molecule has 1 amide bonds. The molecule has 0 bridgehead atoms. The van der Waals surface area contributed by atoms with Crippen molar-refractivity contribution in [1.82, 2.24) is 10.2 Å². The first-order valence-electron chi connectivity index (χ1n) is 4.95. The van der Waals surface area contributed by atoms with Crippen molar-refractivity contribution in [2.45, 2.75) is 37.8 Å². The summed E-state index contributed by atoms with van der Waals surface area (Å²) in [4.78, 5) is 13.3. The molecule has 74 valence electrons. The van der Waals surface area contributed by atoms with Crippen LogP contribution in [0.1, 0.15) is 25.7 Å². The van der Waals surface area contributed by atoms with E-state index in [1.807, 2.05) is 4.90 Å². The van der Waals surface area contributed by atoms with Gasteiger partial charge in [-0.25, -0.2) is 0 Å². The van der Waals surface area contributed by atoms with Crippen LogP contribution in [0.3, 0.4) is 0 Å². The first-order valence-corrected chi connectivity index (χ1v) is 4.95. The maximum absolute atomic E-state index is 11.4. The number of aliphatic hydroxyl groups is 1. The van der Waals surface area contributed by atoms with Gasteiger partial charge in [0, 0.05) is 6.04 Å². The molecule has 0 unspecified atom stereocenters. The summed E-state index contributed by atoms with van der Waals surface area (Å²) in [6.45, 7) is 1.18. The smallest absolute Gasteiger partial charge is 0.237 e. The topological polar surface area (TPSA) is 52.6 Å². The predicted molar refractivity (Wildman–Crippen MR) is 48.0 cm³/mol. The summed E-state index contributed by atoms with van der Waals surface area (Å²) in [5, 5.41) is 12.4. The van der Waals surface area contributed by atoms with Crippen molar-refractivity contribution in [2.75, 3.05) is 13.2 Å². The van der Waals surface area contributed by atoms with E-state index in [4.69, 9.17) is 0 Å². The van der Waals surface area contributed by atoms with Crippen molar-refractivity contribution in [2.24, 2.45) is 0 Å². The third-order valence-electron chi connectivity index (χ3n) is 2.99. The zero-order valence-corrected chi connectivity index (χ0v) is 7.70. The van der Waals surface area contributed by atoms with Crippen LogP contribution in [0.2, 0.25) is 0 Å². The van der Waals surface area contributed by atoms with Crippen molar-refractivity contribution in [3.63, 3.8) is 0 Å². The van der Waals surface area contributed by atoms with Crippen LogP contribution in [0.15, 0.2) is 0 Å². The molecular formula is C9H16N2O2. The highest BCUT2D eigenvalue weighted by atomic mass is 16.3. The van der Waals surface area contributed by atoms with Crippen LogP contribution in [0.5, 0.6) is 0 Å². The van der Waals surface area contributed by atoms with Crippen molar-refractivity contribution < 1.29 is 9.90 Å². The molecule has 2 N–H and O–H groups in total. The molecule has 0 aromatic carbocycles. The van der Waals surface area contributed by atoms with Crippen molar-refractivity contribution in [3.05, 3.63) is 0 Å². The lowest BCUT2D eigenvalue weighted by atomic mass is 9.92. The number of aliphatic hydroxyl groups excluding tert-OH is 1. The minimum absolute atomic E-state index is 0.137. The average molecular weight is 184 g/mol. The minimum atomic E-state index is -0.137. The SMILES string of the molecule is O=C1CNCN1C1CCC(O)CC1. The summed E-state index contributed by atoms with van der Waals surface area (Å²) < 4.78 is 0. The Kier molecular flexibility index (Phi) is 2.51. The first kappa shape index (κ1) is 8.97. The normalized spacial score (nSPS) is 35.5. The highest BCUT2D eigenvalue weighted by Crippen LogP contribution is 2.23. The second kappa shape index (κ2) is 3.64. The molecule has 0 atom stereocenters. The van der Waals surface area contributed by atoms with E-state index in [0.29, 0.717) is 19.3 Å². The Morgan fingerprint density at radius 1 is 1.31 bits per heavy atom. The molecule has 1 saturated carbocycles. The number of rotatable bonds is 1. The highest BCUT2D eigenvalue weighted by molar-refractivity contribution is 5.80. The fourth-order valence-electron chi connectivity index (χ4n) is 2.18. The summed E-state index contributed by atoms with van der Waals surface area (Å²) in [5.74, 6) is 0.210. The number of amides is 1. The van der Waals surface area contributed by atoms with Gasteiger partial charge < -0.3 is 10.0 Å². The van der Waals surface area contributed by atoms with E-state index in [9.17, 15) is 9.90 Å². The largest absolute Gasteiger partial charge is 0.393 e. The molecule has 0 radical (unpaired) electrons. The lowest BCUT2D eigenvalue weighted by molar-refractivity contribution is -0.129. The lowest BCUT2D eigenvalue weighted by Gasteiger charge is -2.32. The Hall–Kier alpha value is -0.610. The number of carbonyl (C=O) groups excluding carboxylic acids is 1. The molecular weight excluding hydrogens is 168 g/mol. The Morgan fingerprint density at radius 3 is 2.54 bits per heavy atom. The molecule has 1 heterocycles. The van der Waals surface area contributed by atoms with Gasteiger partial charge in [-0.2, -0.15) is 0 Å². The number of nitrogens with one attached hydrogen (secondary N) is 1. The predicted octanol–water partition coefficient (Wildman–Crippen LogP) is -0.321. The van der Waals surface area contributed by atoms with Gasteiger partial charge in [0.05, 0.1) is 19.3 Å². The zero-order valence-electron chi connectivity index (χ0n) is 7.70. The number of hydrogen-bond donors (Lipinski definition) is 2. The number of carbonyl (C=O) groups is 1. The van der Waals surface area contributed by atoms with E-state index < -0.39 is 0 Å². The van der Waals surface area contributed by atoms with Gasteiger partial charge in [0.2, 0.25) is 5.91 Å². The van der Waals surface area contributed by atoms with Gasteiger partial charge in [-0.05, 0) is 25.7 Å². The summed E-state index contributed by atoms with van der Waals surface area (Å²) in [5.41, 5.74) is 0. The molecule has 2 aliphatic rings. The molecule has 2 fully saturated rings. The van der Waals surface area contributed by atoms with Crippen molar-refractivity contribution >= 4 is 5.91 Å². The van der Waals surface area contributed by atoms with E-state index >= 15 is 0 Å². The van der Waals surface area contributed by atoms with Crippen LogP contribution in [0.4, 0.5) is 0 Å². The van der Waals surface area contributed by atoms with Gasteiger partial charge in [0.1, 0.15) is 0 Å². The van der Waals surface area contributed by atoms with Crippen molar-refractivity contribution in [1.29, 1.82) is 0 Å². The number of nitrogens with zero attached hydrogens (tertiary/aromatic N) is 1. The van der Waals surface area contributed by atoms with Crippen LogP contribution in [-0.4, -0.2) is 41.3 Å². The van der Waals surface area contributed by atoms with Gasteiger partial charge in [0.15, 0.2) is 0 Å². The molecule has 1 aliphatic heterocycles. The number of hydrogen-bond acceptors (Lipinski definition) is 3. The molecule has 0 aromatic rings. The van der Waals surface area contributed by atoms with Gasteiger partial charge in [-0.15, -0.1) is 0 Å².